The van der Waals surface area contributed by atoms with Gasteiger partial charge in [-0.1, -0.05) is 30.2 Å². The Bertz CT molecular complexity index is 420. The number of carbonyl (C=O) groups is 1. The second-order valence-electron chi connectivity index (χ2n) is 4.39. The number of hydrogen-bond acceptors (Lipinski definition) is 4. The summed E-state index contributed by atoms with van der Waals surface area (Å²) in [4.78, 5) is 10.6. The lowest BCUT2D eigenvalue weighted by atomic mass is 10.2. The van der Waals surface area contributed by atoms with Crippen molar-refractivity contribution in [2.45, 2.75) is 25.7 Å². The summed E-state index contributed by atoms with van der Waals surface area (Å²) in [6.07, 6.45) is 4.82. The fourth-order valence-electron chi connectivity index (χ4n) is 1.92. The Kier molecular flexibility index (Phi) is 4.28. The molecule has 1 aromatic carbocycles. The molecule has 0 bridgehead atoms. The van der Waals surface area contributed by atoms with E-state index in [1.54, 1.807) is 12.1 Å². The zero-order chi connectivity index (χ0) is 12.8. The van der Waals surface area contributed by atoms with Gasteiger partial charge in [0, 0.05) is 13.1 Å². The second-order valence-corrected chi connectivity index (χ2v) is 4.39. The van der Waals surface area contributed by atoms with Crippen LogP contribution >= 0.6 is 0 Å². The van der Waals surface area contributed by atoms with Gasteiger partial charge in [0.05, 0.1) is 11.7 Å². The number of carbonyl (C=O) groups excluding carboxylic acids is 1. The molecule has 0 unspecified atom stereocenters. The van der Waals surface area contributed by atoms with Gasteiger partial charge in [-0.05, 0) is 30.5 Å². The summed E-state index contributed by atoms with van der Waals surface area (Å²) in [7, 11) is 0. The molecule has 0 spiro atoms. The molecular formula is C13H16N3O2-. The van der Waals surface area contributed by atoms with E-state index >= 15 is 0 Å². The maximum atomic E-state index is 10.6. The van der Waals surface area contributed by atoms with Crippen molar-refractivity contribution in [3.8, 4) is 0 Å². The third kappa shape index (κ3) is 3.55. The lowest BCUT2D eigenvalue weighted by molar-refractivity contribution is -0.255. The molecule has 0 amide bonds. The van der Waals surface area contributed by atoms with Crippen LogP contribution in [0, 0.1) is 0 Å². The lowest BCUT2D eigenvalue weighted by Gasteiger charge is -2.13. The van der Waals surface area contributed by atoms with Crippen LogP contribution in [-0.4, -0.2) is 24.1 Å². The summed E-state index contributed by atoms with van der Waals surface area (Å²) in [6.45, 7) is 1.89. The summed E-state index contributed by atoms with van der Waals surface area (Å²) in [5.74, 6) is -1.17. The second kappa shape index (κ2) is 6.14. The van der Waals surface area contributed by atoms with Crippen molar-refractivity contribution < 1.29 is 9.90 Å². The van der Waals surface area contributed by atoms with Crippen molar-refractivity contribution in [3.63, 3.8) is 0 Å². The van der Waals surface area contributed by atoms with E-state index in [-0.39, 0.29) is 5.56 Å². The molecule has 0 aliphatic carbocycles. The van der Waals surface area contributed by atoms with E-state index in [2.05, 4.69) is 10.3 Å². The molecule has 1 aromatic rings. The Labute approximate surface area is 106 Å². The number of nitrogens with zero attached hydrogens (tertiary/aromatic N) is 3. The molecule has 1 fully saturated rings. The monoisotopic (exact) mass is 246 g/mol. The average molecular weight is 246 g/mol. The van der Waals surface area contributed by atoms with Crippen molar-refractivity contribution in [2.24, 2.45) is 10.3 Å². The average Bonchev–Trinajstić information content (AvgIpc) is 2.65. The minimum absolute atomic E-state index is 0.156. The first-order valence-electron chi connectivity index (χ1n) is 6.24. The van der Waals surface area contributed by atoms with Crippen LogP contribution in [0.3, 0.4) is 0 Å². The predicted molar refractivity (Wildman–Crippen MR) is 65.3 cm³/mol. The minimum atomic E-state index is -1.17. The van der Waals surface area contributed by atoms with Crippen molar-refractivity contribution in [1.82, 2.24) is 5.01 Å². The maximum Gasteiger partial charge on any atom is 0.0874 e. The maximum absolute atomic E-state index is 10.6. The van der Waals surface area contributed by atoms with Gasteiger partial charge < -0.3 is 9.90 Å². The fraction of sp³-hybridized carbons (Fsp3) is 0.462. The van der Waals surface area contributed by atoms with Crippen molar-refractivity contribution >= 4 is 11.7 Å². The highest BCUT2D eigenvalue weighted by Gasteiger charge is 2.05. The van der Waals surface area contributed by atoms with Crippen LogP contribution in [0.4, 0.5) is 5.69 Å². The molecule has 0 atom stereocenters. The molecule has 18 heavy (non-hydrogen) atoms. The highest BCUT2D eigenvalue weighted by atomic mass is 16.4. The first kappa shape index (κ1) is 12.5. The van der Waals surface area contributed by atoms with Gasteiger partial charge in [0.25, 0.3) is 0 Å². The molecule has 0 saturated carbocycles. The minimum Gasteiger partial charge on any atom is -0.545 e. The van der Waals surface area contributed by atoms with Gasteiger partial charge >= 0.3 is 0 Å². The Hall–Kier alpha value is -1.91. The van der Waals surface area contributed by atoms with Crippen LogP contribution in [0.25, 0.3) is 0 Å². The number of rotatable bonds is 3. The quantitative estimate of drug-likeness (QED) is 0.765. The molecule has 1 heterocycles. The molecule has 1 aliphatic rings. The molecule has 0 radical (unpaired) electrons. The SMILES string of the molecule is O=C([O-])c1ccc(N=NN2CCCCCC2)cc1. The molecule has 5 heteroatoms. The Balaban J connectivity index is 1.97. The third-order valence-electron chi connectivity index (χ3n) is 2.97. The predicted octanol–water partition coefficient (Wildman–Crippen LogP) is 1.92. The van der Waals surface area contributed by atoms with Gasteiger partial charge in [-0.3, -0.25) is 5.01 Å². The first-order chi connectivity index (χ1) is 8.75. The van der Waals surface area contributed by atoms with Crippen LogP contribution in [0.1, 0.15) is 36.0 Å². The molecule has 0 N–H and O–H groups in total. The number of carboxylic acid groups (broad SMARTS) is 1. The topological polar surface area (TPSA) is 68.1 Å². The van der Waals surface area contributed by atoms with Crippen molar-refractivity contribution in [3.05, 3.63) is 29.8 Å². The van der Waals surface area contributed by atoms with E-state index in [0.717, 1.165) is 25.9 Å². The van der Waals surface area contributed by atoms with Gasteiger partial charge in [-0.2, -0.15) is 0 Å². The van der Waals surface area contributed by atoms with Gasteiger partial charge in [0.15, 0.2) is 0 Å². The van der Waals surface area contributed by atoms with Crippen LogP contribution in [-0.2, 0) is 0 Å². The number of hydrogen-bond donors (Lipinski definition) is 0. The van der Waals surface area contributed by atoms with E-state index in [1.807, 2.05) is 5.01 Å². The highest BCUT2D eigenvalue weighted by molar-refractivity contribution is 5.86. The summed E-state index contributed by atoms with van der Waals surface area (Å²) < 4.78 is 0. The zero-order valence-corrected chi connectivity index (χ0v) is 10.2. The highest BCUT2D eigenvalue weighted by Crippen LogP contribution is 2.15. The Morgan fingerprint density at radius 1 is 1.06 bits per heavy atom. The molecule has 1 saturated heterocycles. The van der Waals surface area contributed by atoms with Crippen molar-refractivity contribution in [2.75, 3.05) is 13.1 Å². The molecular weight excluding hydrogens is 230 g/mol. The largest absolute Gasteiger partial charge is 0.545 e. The van der Waals surface area contributed by atoms with Gasteiger partial charge in [-0.15, -0.1) is 5.11 Å². The molecule has 2 rings (SSSR count). The number of aromatic carboxylic acids is 1. The van der Waals surface area contributed by atoms with Gasteiger partial charge in [0.2, 0.25) is 0 Å². The Morgan fingerprint density at radius 2 is 1.67 bits per heavy atom. The molecule has 1 aliphatic heterocycles. The van der Waals surface area contributed by atoms with E-state index in [4.69, 9.17) is 0 Å². The van der Waals surface area contributed by atoms with Crippen LogP contribution in [0.2, 0.25) is 0 Å². The fourth-order valence-corrected chi connectivity index (χ4v) is 1.92. The van der Waals surface area contributed by atoms with E-state index < -0.39 is 5.97 Å². The summed E-state index contributed by atoms with van der Waals surface area (Å²) in [6, 6.07) is 6.22. The van der Waals surface area contributed by atoms with Crippen molar-refractivity contribution in [1.29, 1.82) is 0 Å². The van der Waals surface area contributed by atoms with E-state index in [1.165, 1.54) is 25.0 Å². The smallest absolute Gasteiger partial charge is 0.0874 e. The third-order valence-corrected chi connectivity index (χ3v) is 2.97. The van der Waals surface area contributed by atoms with Crippen LogP contribution < -0.4 is 5.11 Å². The normalized spacial score (nSPS) is 16.8. The van der Waals surface area contributed by atoms with Crippen LogP contribution in [0.5, 0.6) is 0 Å². The lowest BCUT2D eigenvalue weighted by Crippen LogP contribution is -2.21. The molecule has 96 valence electrons. The zero-order valence-electron chi connectivity index (χ0n) is 10.2. The van der Waals surface area contributed by atoms with Gasteiger partial charge in [-0.25, -0.2) is 0 Å². The first-order valence-corrected chi connectivity index (χ1v) is 6.24. The summed E-state index contributed by atoms with van der Waals surface area (Å²) in [5.41, 5.74) is 0.813. The van der Waals surface area contributed by atoms with Crippen LogP contribution in [0.15, 0.2) is 34.6 Å². The summed E-state index contributed by atoms with van der Waals surface area (Å²) in [5, 5.41) is 20.8. The molecule has 5 nitrogen and oxygen atoms in total. The summed E-state index contributed by atoms with van der Waals surface area (Å²) >= 11 is 0. The Morgan fingerprint density at radius 3 is 2.22 bits per heavy atom. The number of benzene rings is 1. The molecule has 0 aromatic heterocycles. The van der Waals surface area contributed by atoms with E-state index in [0.29, 0.717) is 5.69 Å². The van der Waals surface area contributed by atoms with Gasteiger partial charge in [0.1, 0.15) is 0 Å². The number of carboxylic acids is 1. The van der Waals surface area contributed by atoms with E-state index in [9.17, 15) is 9.90 Å². The standard InChI is InChI=1S/C13H17N3O2/c17-13(18)11-5-7-12(8-6-11)14-15-16-9-3-1-2-4-10-16/h5-8H,1-4,9-10H2,(H,17,18)/p-1.